The first-order valence-electron chi connectivity index (χ1n) is 4.01. The van der Waals surface area contributed by atoms with Gasteiger partial charge in [0.2, 0.25) is 5.91 Å². The molecule has 0 aliphatic carbocycles. The van der Waals surface area contributed by atoms with Gasteiger partial charge in [0.15, 0.2) is 0 Å². The number of hydrogen-bond acceptors (Lipinski definition) is 4. The van der Waals surface area contributed by atoms with Crippen molar-refractivity contribution in [1.29, 1.82) is 0 Å². The lowest BCUT2D eigenvalue weighted by Crippen LogP contribution is -2.38. The van der Waals surface area contributed by atoms with Gasteiger partial charge in [-0.15, -0.1) is 0 Å². The fraction of sp³-hybridized carbons (Fsp3) is 0.714. The zero-order chi connectivity index (χ0) is 11.1. The Kier molecular flexibility index (Phi) is 5.86. The van der Waals surface area contributed by atoms with Crippen LogP contribution in [0.3, 0.4) is 0 Å². The van der Waals surface area contributed by atoms with Crippen molar-refractivity contribution < 1.29 is 14.2 Å². The molecule has 0 aromatic carbocycles. The molecule has 0 heterocycles. The third-order valence-electron chi connectivity index (χ3n) is 1.36. The Bertz CT molecular complexity index is 255. The van der Waals surface area contributed by atoms with Crippen molar-refractivity contribution in [1.82, 2.24) is 5.32 Å². The Morgan fingerprint density at radius 3 is 2.71 bits per heavy atom. The zero-order valence-electron chi connectivity index (χ0n) is 8.19. The number of carbonyl (C=O) groups is 1. The third-order valence-corrected chi connectivity index (χ3v) is 2.33. The monoisotopic (exact) mass is 221 g/mol. The van der Waals surface area contributed by atoms with Gasteiger partial charge in [0, 0.05) is 28.9 Å². The minimum atomic E-state index is -0.952. The molecule has 0 aliphatic heterocycles. The topological polar surface area (TPSA) is 105 Å². The van der Waals surface area contributed by atoms with Crippen LogP contribution >= 0.6 is 0 Å². The van der Waals surface area contributed by atoms with E-state index in [9.17, 15) is 9.00 Å². The summed E-state index contributed by atoms with van der Waals surface area (Å²) in [6, 6.07) is -0.181. The molecule has 0 aromatic rings. The molecule has 0 radical (unpaired) electrons. The summed E-state index contributed by atoms with van der Waals surface area (Å²) in [7, 11) is -0.952. The maximum absolute atomic E-state index is 11.1. The highest BCUT2D eigenvalue weighted by Crippen LogP contribution is 1.88. The van der Waals surface area contributed by atoms with Gasteiger partial charge in [0.25, 0.3) is 0 Å². The van der Waals surface area contributed by atoms with Crippen LogP contribution in [0.1, 0.15) is 13.3 Å². The van der Waals surface area contributed by atoms with Crippen molar-refractivity contribution in [3.05, 3.63) is 0 Å². The molecule has 6 nitrogen and oxygen atoms in total. The Balaban J connectivity index is 3.88. The molecular formula is C7H15N3O3S. The van der Waals surface area contributed by atoms with E-state index in [2.05, 4.69) is 10.5 Å². The lowest BCUT2D eigenvalue weighted by Gasteiger charge is -2.11. The number of rotatable bonds is 5. The van der Waals surface area contributed by atoms with Crippen LogP contribution in [0, 0.1) is 0 Å². The van der Waals surface area contributed by atoms with Crippen LogP contribution in [0.15, 0.2) is 5.16 Å². The highest BCUT2D eigenvalue weighted by Gasteiger charge is 2.10. The van der Waals surface area contributed by atoms with E-state index in [1.807, 2.05) is 0 Å². The second-order valence-corrected chi connectivity index (χ2v) is 4.46. The van der Waals surface area contributed by atoms with E-state index < -0.39 is 10.8 Å². The molecule has 14 heavy (non-hydrogen) atoms. The summed E-state index contributed by atoms with van der Waals surface area (Å²) in [5, 5.41) is 13.4. The number of amides is 1. The second-order valence-electron chi connectivity index (χ2n) is 2.98. The summed E-state index contributed by atoms with van der Waals surface area (Å²) in [6.07, 6.45) is 1.41. The Morgan fingerprint density at radius 1 is 1.71 bits per heavy atom. The predicted octanol–water partition coefficient (Wildman–Crippen LogP) is -0.994. The van der Waals surface area contributed by atoms with Gasteiger partial charge in [-0.25, -0.2) is 0 Å². The summed E-state index contributed by atoms with van der Waals surface area (Å²) >= 11 is 0. The molecule has 82 valence electrons. The zero-order valence-corrected chi connectivity index (χ0v) is 9.00. The molecule has 0 saturated carbocycles. The number of carbonyl (C=O) groups excluding carboxylic acids is 1. The average Bonchev–Trinajstić information content (AvgIpc) is 2.01. The van der Waals surface area contributed by atoms with E-state index in [1.165, 1.54) is 0 Å². The van der Waals surface area contributed by atoms with Gasteiger partial charge in [0.1, 0.15) is 5.84 Å². The van der Waals surface area contributed by atoms with Crippen molar-refractivity contribution in [2.75, 3.05) is 12.0 Å². The molecule has 7 heteroatoms. The summed E-state index contributed by atoms with van der Waals surface area (Å²) in [5.74, 6) is -0.104. The second kappa shape index (κ2) is 6.36. The van der Waals surface area contributed by atoms with Gasteiger partial charge >= 0.3 is 0 Å². The van der Waals surface area contributed by atoms with Gasteiger partial charge in [0.05, 0.1) is 6.42 Å². The number of amidine groups is 1. The summed E-state index contributed by atoms with van der Waals surface area (Å²) < 4.78 is 10.8. The van der Waals surface area contributed by atoms with Crippen molar-refractivity contribution in [3.8, 4) is 0 Å². The van der Waals surface area contributed by atoms with E-state index in [-0.39, 0.29) is 24.2 Å². The van der Waals surface area contributed by atoms with Crippen molar-refractivity contribution >= 4 is 22.5 Å². The molecule has 0 bridgehead atoms. The number of nitrogens with two attached hydrogens (primary N) is 1. The highest BCUT2D eigenvalue weighted by atomic mass is 32.2. The van der Waals surface area contributed by atoms with E-state index in [0.29, 0.717) is 5.75 Å². The largest absolute Gasteiger partial charge is 0.409 e. The Hall–Kier alpha value is -1.11. The van der Waals surface area contributed by atoms with Crippen molar-refractivity contribution in [3.63, 3.8) is 0 Å². The number of nitrogens with one attached hydrogen (secondary N) is 1. The number of hydrogen-bond donors (Lipinski definition) is 3. The number of nitrogens with zero attached hydrogens (tertiary/aromatic N) is 1. The lowest BCUT2D eigenvalue weighted by atomic mass is 10.3. The molecule has 0 fully saturated rings. The smallest absolute Gasteiger partial charge is 0.227 e. The van der Waals surface area contributed by atoms with Gasteiger partial charge < -0.3 is 16.3 Å². The van der Waals surface area contributed by atoms with E-state index in [4.69, 9.17) is 10.9 Å². The SMILES string of the molecule is CC(CS(C)=O)NC(=O)CC(N)=NO. The Morgan fingerprint density at radius 2 is 2.29 bits per heavy atom. The molecule has 1 amide bonds. The highest BCUT2D eigenvalue weighted by molar-refractivity contribution is 7.84. The molecule has 2 unspecified atom stereocenters. The molecular weight excluding hydrogens is 206 g/mol. The molecule has 4 N–H and O–H groups in total. The first-order chi connectivity index (χ1) is 6.45. The maximum Gasteiger partial charge on any atom is 0.227 e. The maximum atomic E-state index is 11.1. The summed E-state index contributed by atoms with van der Waals surface area (Å²) in [4.78, 5) is 11.1. The fourth-order valence-corrected chi connectivity index (χ4v) is 1.71. The van der Waals surface area contributed by atoms with Crippen molar-refractivity contribution in [2.45, 2.75) is 19.4 Å². The van der Waals surface area contributed by atoms with Crippen LogP contribution in [0.2, 0.25) is 0 Å². The van der Waals surface area contributed by atoms with Crippen LogP contribution < -0.4 is 11.1 Å². The summed E-state index contributed by atoms with van der Waals surface area (Å²) in [5.41, 5.74) is 5.13. The molecule has 2 atom stereocenters. The molecule has 0 aliphatic rings. The van der Waals surface area contributed by atoms with Crippen LogP contribution in [-0.2, 0) is 15.6 Å². The van der Waals surface area contributed by atoms with Crippen LogP contribution in [0.5, 0.6) is 0 Å². The minimum Gasteiger partial charge on any atom is -0.409 e. The molecule has 0 saturated heterocycles. The van der Waals surface area contributed by atoms with Crippen LogP contribution in [-0.4, -0.2) is 39.2 Å². The lowest BCUT2D eigenvalue weighted by molar-refractivity contribution is -0.120. The Labute approximate surface area is 85.0 Å². The van der Waals surface area contributed by atoms with E-state index >= 15 is 0 Å². The fourth-order valence-electron chi connectivity index (χ4n) is 0.919. The van der Waals surface area contributed by atoms with Crippen LogP contribution in [0.25, 0.3) is 0 Å². The van der Waals surface area contributed by atoms with Gasteiger partial charge in [-0.2, -0.15) is 0 Å². The van der Waals surface area contributed by atoms with Gasteiger partial charge in [-0.3, -0.25) is 9.00 Å². The van der Waals surface area contributed by atoms with Crippen molar-refractivity contribution in [2.24, 2.45) is 10.9 Å². The predicted molar refractivity (Wildman–Crippen MR) is 54.6 cm³/mol. The van der Waals surface area contributed by atoms with Crippen LogP contribution in [0.4, 0.5) is 0 Å². The molecule has 0 spiro atoms. The first kappa shape index (κ1) is 12.9. The first-order valence-corrected chi connectivity index (χ1v) is 5.74. The molecule has 0 rings (SSSR count). The summed E-state index contributed by atoms with van der Waals surface area (Å²) in [6.45, 7) is 1.74. The van der Waals surface area contributed by atoms with E-state index in [0.717, 1.165) is 0 Å². The van der Waals surface area contributed by atoms with Gasteiger partial charge in [-0.05, 0) is 6.92 Å². The molecule has 0 aromatic heterocycles. The number of oxime groups is 1. The van der Waals surface area contributed by atoms with E-state index in [1.54, 1.807) is 13.2 Å². The quantitative estimate of drug-likeness (QED) is 0.240. The average molecular weight is 221 g/mol. The normalized spacial score (nSPS) is 16.0. The third kappa shape index (κ3) is 6.41. The minimum absolute atomic E-state index is 0.146. The standard InChI is InChI=1S/C7H15N3O3S/c1-5(4-14(2)13)9-7(11)3-6(8)10-12/h5,12H,3-4H2,1-2H3,(H2,8,10)(H,9,11). The van der Waals surface area contributed by atoms with Gasteiger partial charge in [-0.1, -0.05) is 5.16 Å².